The molecule has 0 aromatic heterocycles. The maximum Gasteiger partial charge on any atom is 0.251 e. The quantitative estimate of drug-likeness (QED) is 0.866. The van der Waals surface area contributed by atoms with Crippen LogP contribution in [0.4, 0.5) is 14.5 Å². The Hall–Kier alpha value is -1.65. The Morgan fingerprint density at radius 3 is 2.38 bits per heavy atom. The molecule has 0 aliphatic heterocycles. The number of benzene rings is 1. The zero-order valence-electron chi connectivity index (χ0n) is 12.3. The van der Waals surface area contributed by atoms with Crippen LogP contribution in [0.3, 0.4) is 0 Å². The standard InChI is InChI=1S/C16H22F2N2O/c1-2-8-19-15-13(17)9-11(10-14(15)18)16(21)20-12-6-4-3-5-7-12/h9-10,12,19H,2-8H2,1H3,(H,20,21). The summed E-state index contributed by atoms with van der Waals surface area (Å²) in [6.07, 6.45) is 6.01. The Kier molecular flexibility index (Phi) is 5.53. The molecule has 1 fully saturated rings. The molecule has 1 aromatic carbocycles. The van der Waals surface area contributed by atoms with Crippen molar-refractivity contribution >= 4 is 11.6 Å². The predicted octanol–water partition coefficient (Wildman–Crippen LogP) is 3.85. The van der Waals surface area contributed by atoms with Crippen molar-refractivity contribution in [2.75, 3.05) is 11.9 Å². The first-order chi connectivity index (χ1) is 10.1. The number of amides is 1. The van der Waals surface area contributed by atoms with E-state index in [2.05, 4.69) is 10.6 Å². The van der Waals surface area contributed by atoms with Crippen LogP contribution in [0.5, 0.6) is 0 Å². The normalized spacial score (nSPS) is 15.8. The fourth-order valence-electron chi connectivity index (χ4n) is 2.64. The van der Waals surface area contributed by atoms with Gasteiger partial charge in [-0.1, -0.05) is 26.2 Å². The fourth-order valence-corrected chi connectivity index (χ4v) is 2.64. The summed E-state index contributed by atoms with van der Waals surface area (Å²) in [5.74, 6) is -1.85. The van der Waals surface area contributed by atoms with Gasteiger partial charge in [-0.2, -0.15) is 0 Å². The minimum atomic E-state index is -0.725. The molecule has 1 aliphatic carbocycles. The molecule has 0 radical (unpaired) electrons. The number of hydrogen-bond donors (Lipinski definition) is 2. The van der Waals surface area contributed by atoms with E-state index in [1.165, 1.54) is 6.42 Å². The first-order valence-electron chi connectivity index (χ1n) is 7.65. The van der Waals surface area contributed by atoms with Crippen LogP contribution in [0.1, 0.15) is 55.8 Å². The lowest BCUT2D eigenvalue weighted by molar-refractivity contribution is 0.0927. The third-order valence-corrected chi connectivity index (χ3v) is 3.80. The lowest BCUT2D eigenvalue weighted by Gasteiger charge is -2.22. The summed E-state index contributed by atoms with van der Waals surface area (Å²) in [5, 5.41) is 5.56. The van der Waals surface area contributed by atoms with Gasteiger partial charge in [-0.15, -0.1) is 0 Å². The van der Waals surface area contributed by atoms with Crippen LogP contribution in [0.25, 0.3) is 0 Å². The minimum absolute atomic E-state index is 0.0395. The van der Waals surface area contributed by atoms with Crippen molar-refractivity contribution in [3.8, 4) is 0 Å². The van der Waals surface area contributed by atoms with Crippen LogP contribution >= 0.6 is 0 Å². The van der Waals surface area contributed by atoms with Crippen LogP contribution in [0, 0.1) is 11.6 Å². The average molecular weight is 296 g/mol. The van der Waals surface area contributed by atoms with E-state index in [1.54, 1.807) is 0 Å². The van der Waals surface area contributed by atoms with Crippen molar-refractivity contribution < 1.29 is 13.6 Å². The van der Waals surface area contributed by atoms with Gasteiger partial charge in [0.25, 0.3) is 5.91 Å². The van der Waals surface area contributed by atoms with Crippen molar-refractivity contribution in [3.05, 3.63) is 29.3 Å². The van der Waals surface area contributed by atoms with E-state index >= 15 is 0 Å². The van der Waals surface area contributed by atoms with E-state index in [-0.39, 0.29) is 17.3 Å². The number of anilines is 1. The number of carbonyl (C=O) groups excluding carboxylic acids is 1. The molecule has 0 heterocycles. The Balaban J connectivity index is 2.07. The first kappa shape index (κ1) is 15.7. The molecule has 2 N–H and O–H groups in total. The van der Waals surface area contributed by atoms with E-state index < -0.39 is 17.5 Å². The molecule has 0 saturated heterocycles. The molecule has 0 spiro atoms. The summed E-state index contributed by atoms with van der Waals surface area (Å²) in [7, 11) is 0. The second-order valence-electron chi connectivity index (χ2n) is 5.55. The van der Waals surface area contributed by atoms with E-state index in [4.69, 9.17) is 0 Å². The van der Waals surface area contributed by atoms with E-state index in [1.807, 2.05) is 6.92 Å². The van der Waals surface area contributed by atoms with Gasteiger partial charge in [-0.3, -0.25) is 4.79 Å². The molecule has 0 unspecified atom stereocenters. The van der Waals surface area contributed by atoms with E-state index in [0.29, 0.717) is 6.54 Å². The lowest BCUT2D eigenvalue weighted by Crippen LogP contribution is -2.36. The first-order valence-corrected chi connectivity index (χ1v) is 7.65. The van der Waals surface area contributed by atoms with Gasteiger partial charge in [0.2, 0.25) is 0 Å². The van der Waals surface area contributed by atoms with Crippen LogP contribution in [-0.2, 0) is 0 Å². The monoisotopic (exact) mass is 296 g/mol. The highest BCUT2D eigenvalue weighted by Gasteiger charge is 2.19. The van der Waals surface area contributed by atoms with Crippen molar-refractivity contribution in [2.24, 2.45) is 0 Å². The van der Waals surface area contributed by atoms with Crippen LogP contribution in [0.2, 0.25) is 0 Å². The molecule has 1 aliphatic rings. The molecule has 5 heteroatoms. The van der Waals surface area contributed by atoms with Crippen LogP contribution < -0.4 is 10.6 Å². The van der Waals surface area contributed by atoms with E-state index in [0.717, 1.165) is 44.2 Å². The second kappa shape index (κ2) is 7.38. The topological polar surface area (TPSA) is 41.1 Å². The van der Waals surface area contributed by atoms with Crippen LogP contribution in [-0.4, -0.2) is 18.5 Å². The zero-order chi connectivity index (χ0) is 15.2. The molecule has 0 atom stereocenters. The average Bonchev–Trinajstić information content (AvgIpc) is 2.47. The van der Waals surface area contributed by atoms with Gasteiger partial charge >= 0.3 is 0 Å². The van der Waals surface area contributed by atoms with Gasteiger partial charge in [0, 0.05) is 18.2 Å². The van der Waals surface area contributed by atoms with Gasteiger partial charge < -0.3 is 10.6 Å². The predicted molar refractivity (Wildman–Crippen MR) is 79.5 cm³/mol. The van der Waals surface area contributed by atoms with Crippen molar-refractivity contribution in [1.82, 2.24) is 5.32 Å². The van der Waals surface area contributed by atoms with Gasteiger partial charge in [-0.05, 0) is 31.4 Å². The number of nitrogens with one attached hydrogen (secondary N) is 2. The number of hydrogen-bond acceptors (Lipinski definition) is 2. The maximum absolute atomic E-state index is 13.9. The Bertz CT molecular complexity index is 476. The Labute approximate surface area is 124 Å². The largest absolute Gasteiger partial charge is 0.380 e. The molecule has 1 saturated carbocycles. The Morgan fingerprint density at radius 2 is 1.81 bits per heavy atom. The summed E-state index contributed by atoms with van der Waals surface area (Å²) in [6, 6.07) is 2.31. The number of halogens is 2. The van der Waals surface area contributed by atoms with Crippen LogP contribution in [0.15, 0.2) is 12.1 Å². The minimum Gasteiger partial charge on any atom is -0.380 e. The molecule has 1 aromatic rings. The van der Waals surface area contributed by atoms with Gasteiger partial charge in [0.1, 0.15) is 17.3 Å². The molecular formula is C16H22F2N2O. The van der Waals surface area contributed by atoms with Gasteiger partial charge in [-0.25, -0.2) is 8.78 Å². The highest BCUT2D eigenvalue weighted by Crippen LogP contribution is 2.22. The zero-order valence-corrected chi connectivity index (χ0v) is 12.3. The summed E-state index contributed by atoms with van der Waals surface area (Å²) < 4.78 is 27.8. The molecule has 116 valence electrons. The summed E-state index contributed by atoms with van der Waals surface area (Å²) >= 11 is 0. The van der Waals surface area contributed by atoms with E-state index in [9.17, 15) is 13.6 Å². The molecule has 2 rings (SSSR count). The summed E-state index contributed by atoms with van der Waals surface area (Å²) in [5.41, 5.74) is -0.122. The Morgan fingerprint density at radius 1 is 1.19 bits per heavy atom. The fraction of sp³-hybridized carbons (Fsp3) is 0.562. The SMILES string of the molecule is CCCNc1c(F)cc(C(=O)NC2CCCCC2)cc1F. The van der Waals surface area contributed by atoms with Gasteiger partial charge in [0.15, 0.2) is 0 Å². The smallest absolute Gasteiger partial charge is 0.251 e. The lowest BCUT2D eigenvalue weighted by atomic mass is 9.95. The molecule has 1 amide bonds. The van der Waals surface area contributed by atoms with Gasteiger partial charge in [0.05, 0.1) is 0 Å². The number of rotatable bonds is 5. The third-order valence-electron chi connectivity index (χ3n) is 3.80. The van der Waals surface area contributed by atoms with Crippen molar-refractivity contribution in [3.63, 3.8) is 0 Å². The molecule has 0 bridgehead atoms. The molecule has 3 nitrogen and oxygen atoms in total. The summed E-state index contributed by atoms with van der Waals surface area (Å²) in [4.78, 5) is 12.1. The summed E-state index contributed by atoms with van der Waals surface area (Å²) in [6.45, 7) is 2.40. The molecule has 21 heavy (non-hydrogen) atoms. The van der Waals surface area contributed by atoms with Crippen molar-refractivity contribution in [2.45, 2.75) is 51.5 Å². The third kappa shape index (κ3) is 4.16. The highest BCUT2D eigenvalue weighted by molar-refractivity contribution is 5.94. The highest BCUT2D eigenvalue weighted by atomic mass is 19.1. The van der Waals surface area contributed by atoms with Crippen molar-refractivity contribution in [1.29, 1.82) is 0 Å². The number of carbonyl (C=O) groups is 1. The second-order valence-corrected chi connectivity index (χ2v) is 5.55. The maximum atomic E-state index is 13.9. The molecular weight excluding hydrogens is 274 g/mol.